The zero-order chi connectivity index (χ0) is 30.8. The van der Waals surface area contributed by atoms with Crippen molar-refractivity contribution in [3.8, 4) is 17.6 Å². The molecule has 1 saturated heterocycles. The summed E-state index contributed by atoms with van der Waals surface area (Å²) in [6.07, 6.45) is 6.01. The number of methoxy groups -OCH3 is 1. The molecule has 1 aliphatic carbocycles. The predicted molar refractivity (Wildman–Crippen MR) is 173 cm³/mol. The number of nitrogens with zero attached hydrogens (tertiary/aromatic N) is 1. The monoisotopic (exact) mass is 647 g/mol. The third-order valence-electron chi connectivity index (χ3n) is 8.35. The Morgan fingerprint density at radius 1 is 1.12 bits per heavy atom. The number of sulfone groups is 2. The molecule has 5 rings (SSSR count). The highest BCUT2D eigenvalue weighted by Gasteiger charge is 2.30. The number of benzene rings is 2. The van der Waals surface area contributed by atoms with Gasteiger partial charge in [0.05, 0.1) is 46.1 Å². The summed E-state index contributed by atoms with van der Waals surface area (Å²) >= 11 is 1.67. The number of anilines is 2. The minimum Gasteiger partial charge on any atom is -0.495 e. The van der Waals surface area contributed by atoms with E-state index in [0.717, 1.165) is 55.0 Å². The fourth-order valence-corrected chi connectivity index (χ4v) is 9.23. The molecular formula is C31H38FN3O5S3. The maximum Gasteiger partial charge on any atom is 0.178 e. The molecule has 1 aromatic heterocycles. The highest BCUT2D eigenvalue weighted by Crippen LogP contribution is 2.38. The van der Waals surface area contributed by atoms with Gasteiger partial charge in [-0.3, -0.25) is 4.90 Å². The molecule has 0 bridgehead atoms. The Kier molecular flexibility index (Phi) is 9.56. The van der Waals surface area contributed by atoms with E-state index in [1.807, 2.05) is 0 Å². The third kappa shape index (κ3) is 7.28. The van der Waals surface area contributed by atoms with Crippen LogP contribution in [0.3, 0.4) is 0 Å². The van der Waals surface area contributed by atoms with E-state index in [-0.39, 0.29) is 23.8 Å². The molecule has 1 saturated carbocycles. The van der Waals surface area contributed by atoms with Gasteiger partial charge in [-0.25, -0.2) is 21.2 Å². The summed E-state index contributed by atoms with van der Waals surface area (Å²) in [7, 11) is -5.18. The van der Waals surface area contributed by atoms with E-state index in [0.29, 0.717) is 30.9 Å². The van der Waals surface area contributed by atoms with Gasteiger partial charge in [0.2, 0.25) is 0 Å². The summed E-state index contributed by atoms with van der Waals surface area (Å²) < 4.78 is 68.2. The van der Waals surface area contributed by atoms with Crippen molar-refractivity contribution in [1.29, 1.82) is 0 Å². The summed E-state index contributed by atoms with van der Waals surface area (Å²) in [6.45, 7) is 3.65. The molecule has 12 heteroatoms. The maximum atomic E-state index is 14.5. The van der Waals surface area contributed by atoms with Crippen LogP contribution in [0.1, 0.15) is 43.0 Å². The highest BCUT2D eigenvalue weighted by atomic mass is 32.2. The molecule has 0 atom stereocenters. The second-order valence-corrected chi connectivity index (χ2v) is 16.5. The first-order valence-electron chi connectivity index (χ1n) is 14.5. The second-order valence-electron chi connectivity index (χ2n) is 11.2. The topological polar surface area (TPSA) is 105 Å². The third-order valence-corrected chi connectivity index (χ3v) is 12.3. The molecule has 2 N–H and O–H groups in total. The van der Waals surface area contributed by atoms with Crippen molar-refractivity contribution in [1.82, 2.24) is 4.90 Å². The number of fused-ring (bicyclic) bond motifs is 1. The summed E-state index contributed by atoms with van der Waals surface area (Å²) in [6, 6.07) is 9.47. The number of aryl methyl sites for hydroxylation is 1. The van der Waals surface area contributed by atoms with Crippen LogP contribution >= 0.6 is 11.3 Å². The van der Waals surface area contributed by atoms with Gasteiger partial charge in [-0.1, -0.05) is 30.9 Å². The second kappa shape index (κ2) is 13.0. The fourth-order valence-electron chi connectivity index (χ4n) is 6.02. The molecule has 1 aliphatic heterocycles. The van der Waals surface area contributed by atoms with Crippen LogP contribution in [0, 0.1) is 17.7 Å². The van der Waals surface area contributed by atoms with Crippen LogP contribution in [0.5, 0.6) is 5.75 Å². The smallest absolute Gasteiger partial charge is 0.178 e. The summed E-state index contributed by atoms with van der Waals surface area (Å²) in [5.41, 5.74) is 2.64. The van der Waals surface area contributed by atoms with Crippen LogP contribution < -0.4 is 15.4 Å². The highest BCUT2D eigenvalue weighted by molar-refractivity contribution is 7.91. The molecular weight excluding hydrogens is 610 g/mol. The van der Waals surface area contributed by atoms with E-state index >= 15 is 0 Å². The van der Waals surface area contributed by atoms with Gasteiger partial charge in [0.1, 0.15) is 16.5 Å². The van der Waals surface area contributed by atoms with Gasteiger partial charge >= 0.3 is 0 Å². The Balaban J connectivity index is 1.26. The largest absolute Gasteiger partial charge is 0.495 e. The Morgan fingerprint density at radius 2 is 1.84 bits per heavy atom. The average Bonchev–Trinajstić information content (AvgIpc) is 3.33. The normalized spacial score (nSPS) is 20.7. The Labute approximate surface area is 257 Å². The van der Waals surface area contributed by atoms with Crippen LogP contribution in [0.2, 0.25) is 0 Å². The van der Waals surface area contributed by atoms with Gasteiger partial charge < -0.3 is 15.4 Å². The van der Waals surface area contributed by atoms with Gasteiger partial charge in [0.25, 0.3) is 0 Å². The van der Waals surface area contributed by atoms with Crippen molar-refractivity contribution in [2.75, 3.05) is 55.1 Å². The molecule has 0 spiro atoms. The van der Waals surface area contributed by atoms with E-state index in [4.69, 9.17) is 4.74 Å². The van der Waals surface area contributed by atoms with Crippen LogP contribution in [-0.2, 0) is 26.1 Å². The van der Waals surface area contributed by atoms with Crippen LogP contribution in [0.25, 0.3) is 10.1 Å². The van der Waals surface area contributed by atoms with Crippen LogP contribution in [-0.4, -0.2) is 78.3 Å². The number of rotatable bonds is 8. The van der Waals surface area contributed by atoms with Crippen molar-refractivity contribution < 1.29 is 26.0 Å². The molecule has 2 aromatic carbocycles. The predicted octanol–water partition coefficient (Wildman–Crippen LogP) is 4.93. The van der Waals surface area contributed by atoms with Crippen molar-refractivity contribution in [2.24, 2.45) is 0 Å². The SMILES string of the molecule is CCc1c(C#CCNc2cc(F)c(S(C)(=O)=O)cc2OC)sc2c(NC3CCC(N4CCS(=O)(=O)CC4)CC3)cccc12. The van der Waals surface area contributed by atoms with Crippen LogP contribution in [0.15, 0.2) is 35.2 Å². The lowest BCUT2D eigenvalue weighted by molar-refractivity contribution is 0.164. The van der Waals surface area contributed by atoms with Crippen molar-refractivity contribution >= 4 is 52.5 Å². The summed E-state index contributed by atoms with van der Waals surface area (Å²) in [5.74, 6) is 6.36. The van der Waals surface area contributed by atoms with Gasteiger partial charge in [0.15, 0.2) is 19.7 Å². The number of hydrogen-bond acceptors (Lipinski definition) is 9. The molecule has 8 nitrogen and oxygen atoms in total. The van der Waals surface area contributed by atoms with Crippen molar-refractivity contribution in [3.05, 3.63) is 46.6 Å². The standard InChI is InChI=1S/C31H38FN3O5S3/c1-4-23-24-7-5-8-26(34-21-10-12-22(13-11-21)35-15-17-43(38,39)18-16-35)31(24)41-29(23)9-6-14-33-27-19-25(32)30(42(3,36)37)20-28(27)40-2/h5,7-8,19-22,33-34H,4,10-18H2,1-3H3. The van der Waals surface area contributed by atoms with Gasteiger partial charge in [-0.05, 0) is 49.1 Å². The number of halogens is 1. The maximum absolute atomic E-state index is 14.5. The first-order chi connectivity index (χ1) is 20.5. The molecule has 0 amide bonds. The lowest BCUT2D eigenvalue weighted by Crippen LogP contribution is -2.48. The molecule has 3 aromatic rings. The molecule has 0 radical (unpaired) electrons. The lowest BCUT2D eigenvalue weighted by Gasteiger charge is -2.39. The Hall–Kier alpha value is -2.85. The molecule has 232 valence electrons. The Bertz CT molecular complexity index is 1760. The minimum absolute atomic E-state index is 0.225. The van der Waals surface area contributed by atoms with E-state index in [1.54, 1.807) is 11.3 Å². The lowest BCUT2D eigenvalue weighted by atomic mass is 9.90. The molecule has 43 heavy (non-hydrogen) atoms. The minimum atomic E-state index is -3.72. The van der Waals surface area contributed by atoms with E-state index < -0.39 is 30.4 Å². The first-order valence-corrected chi connectivity index (χ1v) is 19.1. The molecule has 2 aliphatic rings. The number of thiophene rings is 1. The molecule has 2 heterocycles. The van der Waals surface area contributed by atoms with E-state index in [2.05, 4.69) is 52.5 Å². The number of hydrogen-bond donors (Lipinski definition) is 2. The average molecular weight is 648 g/mol. The molecule has 2 fully saturated rings. The summed E-state index contributed by atoms with van der Waals surface area (Å²) in [4.78, 5) is 2.95. The fraction of sp³-hybridized carbons (Fsp3) is 0.484. The number of ether oxygens (including phenoxy) is 1. The van der Waals surface area contributed by atoms with E-state index in [9.17, 15) is 21.2 Å². The van der Waals surface area contributed by atoms with Crippen molar-refractivity contribution in [2.45, 2.75) is 56.0 Å². The zero-order valence-electron chi connectivity index (χ0n) is 24.7. The Morgan fingerprint density at radius 3 is 2.49 bits per heavy atom. The van der Waals surface area contributed by atoms with E-state index in [1.165, 1.54) is 28.8 Å². The quantitative estimate of drug-likeness (QED) is 0.332. The van der Waals surface area contributed by atoms with Crippen LogP contribution in [0.4, 0.5) is 15.8 Å². The van der Waals surface area contributed by atoms with Gasteiger partial charge in [-0.2, -0.15) is 0 Å². The van der Waals surface area contributed by atoms with Gasteiger partial charge in [-0.15, -0.1) is 11.3 Å². The first kappa shape index (κ1) is 31.6. The summed E-state index contributed by atoms with van der Waals surface area (Å²) in [5, 5.41) is 8.03. The van der Waals surface area contributed by atoms with Gasteiger partial charge in [0, 0.05) is 43.6 Å². The molecule has 0 unspecified atom stereocenters. The number of nitrogens with one attached hydrogen (secondary N) is 2. The zero-order valence-corrected chi connectivity index (χ0v) is 27.2. The van der Waals surface area contributed by atoms with Crippen molar-refractivity contribution in [3.63, 3.8) is 0 Å².